The number of halogens is 2. The fraction of sp³-hybridized carbons (Fsp3) is 0.529. The maximum Gasteiger partial charge on any atom is 0.328 e. The largest absolute Gasteiger partial charge is 0.480 e. The summed E-state index contributed by atoms with van der Waals surface area (Å²) in [6, 6.07) is 3.59. The van der Waals surface area contributed by atoms with E-state index in [1.807, 2.05) is 0 Å². The first-order chi connectivity index (χ1) is 11.3. The molecule has 0 radical (unpaired) electrons. The standard InChI is InChI=1S/C17H19Cl2NO4/c1-10-4-6-17(7-5-10)20(14(9-24-17)16(22)23)15(21)11-2-3-12(18)13(19)8-11/h2-3,8,10,14H,4-7,9H2,1H3,(H,22,23)/t10?,14-,17?/m1/s1. The second-order valence-electron chi connectivity index (χ2n) is 6.60. The van der Waals surface area contributed by atoms with Crippen molar-refractivity contribution in [2.45, 2.75) is 44.4 Å². The quantitative estimate of drug-likeness (QED) is 0.857. The number of hydrogen-bond donors (Lipinski definition) is 1. The van der Waals surface area contributed by atoms with Gasteiger partial charge in [-0.1, -0.05) is 30.1 Å². The van der Waals surface area contributed by atoms with Gasteiger partial charge in [-0.2, -0.15) is 0 Å². The molecular weight excluding hydrogens is 353 g/mol. The molecule has 1 aliphatic heterocycles. The van der Waals surface area contributed by atoms with Gasteiger partial charge in [0, 0.05) is 5.56 Å². The van der Waals surface area contributed by atoms with Gasteiger partial charge >= 0.3 is 5.97 Å². The van der Waals surface area contributed by atoms with Gasteiger partial charge in [-0.25, -0.2) is 4.79 Å². The Balaban J connectivity index is 1.96. The molecule has 0 unspecified atom stereocenters. The highest BCUT2D eigenvalue weighted by Crippen LogP contribution is 2.43. The molecule has 1 aromatic rings. The van der Waals surface area contributed by atoms with Crippen LogP contribution in [0.15, 0.2) is 18.2 Å². The highest BCUT2D eigenvalue weighted by Gasteiger charge is 2.53. The molecule has 0 bridgehead atoms. The maximum atomic E-state index is 13.1. The van der Waals surface area contributed by atoms with Crippen molar-refractivity contribution < 1.29 is 19.4 Å². The monoisotopic (exact) mass is 371 g/mol. The van der Waals surface area contributed by atoms with Gasteiger partial charge in [0.15, 0.2) is 6.04 Å². The summed E-state index contributed by atoms with van der Waals surface area (Å²) in [6.45, 7) is 2.17. The van der Waals surface area contributed by atoms with Crippen LogP contribution in [0.25, 0.3) is 0 Å². The number of carbonyl (C=O) groups excluding carboxylic acids is 1. The van der Waals surface area contributed by atoms with Crippen LogP contribution in [0, 0.1) is 5.92 Å². The van der Waals surface area contributed by atoms with Gasteiger partial charge in [-0.15, -0.1) is 0 Å². The fourth-order valence-corrected chi connectivity index (χ4v) is 3.84. The lowest BCUT2D eigenvalue weighted by atomic mass is 9.83. The number of hydrogen-bond acceptors (Lipinski definition) is 3. The van der Waals surface area contributed by atoms with E-state index in [9.17, 15) is 14.7 Å². The van der Waals surface area contributed by atoms with Crippen molar-refractivity contribution in [3.8, 4) is 0 Å². The summed E-state index contributed by atoms with van der Waals surface area (Å²) >= 11 is 11.9. The van der Waals surface area contributed by atoms with Crippen molar-refractivity contribution in [2.75, 3.05) is 6.61 Å². The molecule has 1 saturated carbocycles. The van der Waals surface area contributed by atoms with Crippen LogP contribution in [0.5, 0.6) is 0 Å². The van der Waals surface area contributed by atoms with Gasteiger partial charge in [0.1, 0.15) is 5.72 Å². The molecule has 130 valence electrons. The first kappa shape index (κ1) is 17.5. The van der Waals surface area contributed by atoms with E-state index in [4.69, 9.17) is 27.9 Å². The minimum absolute atomic E-state index is 0.0107. The predicted molar refractivity (Wildman–Crippen MR) is 90.4 cm³/mol. The molecule has 1 saturated heterocycles. The van der Waals surface area contributed by atoms with Crippen molar-refractivity contribution in [2.24, 2.45) is 5.92 Å². The summed E-state index contributed by atoms with van der Waals surface area (Å²) in [7, 11) is 0. The average molecular weight is 372 g/mol. The van der Waals surface area contributed by atoms with Crippen LogP contribution in [-0.4, -0.2) is 40.3 Å². The van der Waals surface area contributed by atoms with Gasteiger partial charge in [-0.3, -0.25) is 9.69 Å². The van der Waals surface area contributed by atoms with Crippen molar-refractivity contribution in [1.29, 1.82) is 0 Å². The zero-order valence-corrected chi connectivity index (χ0v) is 14.8. The predicted octanol–water partition coefficient (Wildman–Crippen LogP) is 3.83. The SMILES string of the molecule is CC1CCC2(CC1)OC[C@H](C(=O)O)N2C(=O)c1ccc(Cl)c(Cl)c1. The molecule has 1 spiro atoms. The molecule has 7 heteroatoms. The molecular formula is C17H19Cl2NO4. The van der Waals surface area contributed by atoms with Crippen molar-refractivity contribution >= 4 is 35.1 Å². The third-order valence-corrected chi connectivity index (χ3v) is 5.73. The zero-order valence-electron chi connectivity index (χ0n) is 13.3. The van der Waals surface area contributed by atoms with Gasteiger partial charge in [-0.05, 0) is 49.8 Å². The molecule has 1 N–H and O–H groups in total. The summed E-state index contributed by atoms with van der Waals surface area (Å²) in [5.41, 5.74) is -0.516. The molecule has 1 aliphatic carbocycles. The Bertz CT molecular complexity index is 671. The maximum absolute atomic E-state index is 13.1. The van der Waals surface area contributed by atoms with E-state index in [0.717, 1.165) is 12.8 Å². The summed E-state index contributed by atoms with van der Waals surface area (Å²) < 4.78 is 5.88. The Morgan fingerprint density at radius 3 is 2.50 bits per heavy atom. The van der Waals surface area contributed by atoms with Gasteiger partial charge in [0.25, 0.3) is 5.91 Å². The van der Waals surface area contributed by atoms with Crippen LogP contribution >= 0.6 is 23.2 Å². The highest BCUT2D eigenvalue weighted by atomic mass is 35.5. The third kappa shape index (κ3) is 3.01. The number of nitrogens with zero attached hydrogens (tertiary/aromatic N) is 1. The molecule has 1 heterocycles. The summed E-state index contributed by atoms with van der Waals surface area (Å²) in [5.74, 6) is -0.892. The van der Waals surface area contributed by atoms with E-state index in [-0.39, 0.29) is 17.5 Å². The fourth-order valence-electron chi connectivity index (χ4n) is 3.54. The molecule has 0 aromatic heterocycles. The van der Waals surface area contributed by atoms with Crippen molar-refractivity contribution in [3.63, 3.8) is 0 Å². The smallest absolute Gasteiger partial charge is 0.328 e. The lowest BCUT2D eigenvalue weighted by molar-refractivity contribution is -0.143. The molecule has 1 amide bonds. The number of rotatable bonds is 2. The number of amides is 1. The number of benzene rings is 1. The van der Waals surface area contributed by atoms with Crippen LogP contribution in [0.1, 0.15) is 43.0 Å². The molecule has 5 nitrogen and oxygen atoms in total. The molecule has 1 atom stereocenters. The summed E-state index contributed by atoms with van der Waals surface area (Å²) in [5, 5.41) is 10.1. The lowest BCUT2D eigenvalue weighted by Crippen LogP contribution is -2.55. The van der Waals surface area contributed by atoms with E-state index < -0.39 is 17.7 Å². The first-order valence-electron chi connectivity index (χ1n) is 7.99. The van der Waals surface area contributed by atoms with Crippen molar-refractivity contribution in [3.05, 3.63) is 33.8 Å². The van der Waals surface area contributed by atoms with Gasteiger partial charge in [0.2, 0.25) is 0 Å². The summed E-state index contributed by atoms with van der Waals surface area (Å²) in [6.07, 6.45) is 3.09. The minimum Gasteiger partial charge on any atom is -0.480 e. The number of carbonyl (C=O) groups is 2. The average Bonchev–Trinajstić information content (AvgIpc) is 2.92. The third-order valence-electron chi connectivity index (χ3n) is 4.99. The van der Waals surface area contributed by atoms with Crippen LogP contribution < -0.4 is 0 Å². The topological polar surface area (TPSA) is 66.8 Å². The second kappa shape index (κ2) is 6.54. The zero-order chi connectivity index (χ0) is 17.5. The first-order valence-corrected chi connectivity index (χ1v) is 8.75. The Labute approximate surface area is 150 Å². The van der Waals surface area contributed by atoms with Crippen molar-refractivity contribution in [1.82, 2.24) is 4.90 Å². The Morgan fingerprint density at radius 2 is 1.92 bits per heavy atom. The molecule has 1 aromatic carbocycles. The molecule has 24 heavy (non-hydrogen) atoms. The number of carboxylic acid groups (broad SMARTS) is 1. The van der Waals surface area contributed by atoms with Crippen LogP contribution in [-0.2, 0) is 9.53 Å². The Kier molecular flexibility index (Phi) is 4.78. The molecule has 2 fully saturated rings. The normalized spacial score (nSPS) is 29.9. The summed E-state index contributed by atoms with van der Waals surface area (Å²) in [4.78, 5) is 26.1. The number of aliphatic carboxylic acids is 1. The lowest BCUT2D eigenvalue weighted by Gasteiger charge is -2.42. The van der Waals surface area contributed by atoms with E-state index in [0.29, 0.717) is 29.3 Å². The second-order valence-corrected chi connectivity index (χ2v) is 7.41. The number of carboxylic acids is 1. The Morgan fingerprint density at radius 1 is 1.25 bits per heavy atom. The molecule has 2 aliphatic rings. The molecule has 3 rings (SSSR count). The van der Waals surface area contributed by atoms with E-state index in [2.05, 4.69) is 6.92 Å². The van der Waals surface area contributed by atoms with E-state index >= 15 is 0 Å². The van der Waals surface area contributed by atoms with E-state index in [1.54, 1.807) is 12.1 Å². The van der Waals surface area contributed by atoms with Crippen LogP contribution in [0.2, 0.25) is 10.0 Å². The highest BCUT2D eigenvalue weighted by molar-refractivity contribution is 6.42. The number of ether oxygens (including phenoxy) is 1. The minimum atomic E-state index is -1.06. The Hall–Kier alpha value is -1.30. The van der Waals surface area contributed by atoms with Crippen LogP contribution in [0.4, 0.5) is 0 Å². The van der Waals surface area contributed by atoms with Crippen LogP contribution in [0.3, 0.4) is 0 Å². The van der Waals surface area contributed by atoms with Gasteiger partial charge in [0.05, 0.1) is 16.7 Å². The van der Waals surface area contributed by atoms with E-state index in [1.165, 1.54) is 11.0 Å². The van der Waals surface area contributed by atoms with Gasteiger partial charge < -0.3 is 9.84 Å².